The lowest BCUT2D eigenvalue weighted by Gasteiger charge is -2.48. The number of likely N-dealkylation sites (N-methyl/N-ethyl adjacent to an activating group) is 1. The maximum Gasteiger partial charge on any atom is 0.248 e. The number of hydrogen-bond acceptors (Lipinski definition) is 12. The van der Waals surface area contributed by atoms with Crippen LogP contribution in [-0.2, 0) is 33.2 Å². The molecule has 0 spiro atoms. The van der Waals surface area contributed by atoms with E-state index in [0.717, 1.165) is 19.3 Å². The lowest BCUT2D eigenvalue weighted by molar-refractivity contribution is -0.352. The summed E-state index contributed by atoms with van der Waals surface area (Å²) in [7, 11) is 1.52. The number of rotatable bonds is 7. The predicted molar refractivity (Wildman–Crippen MR) is 138 cm³/mol. The van der Waals surface area contributed by atoms with Gasteiger partial charge in [0.25, 0.3) is 0 Å². The van der Waals surface area contributed by atoms with Crippen LogP contribution in [0.4, 0.5) is 0 Å². The van der Waals surface area contributed by atoms with Gasteiger partial charge < -0.3 is 59.3 Å². The topological polar surface area (TPSA) is 186 Å². The molecular formula is C27H47NO12. The van der Waals surface area contributed by atoms with E-state index in [0.29, 0.717) is 32.3 Å². The number of amides is 1. The smallest absolute Gasteiger partial charge is 0.248 e. The van der Waals surface area contributed by atoms with E-state index < -0.39 is 86.3 Å². The second-order valence-corrected chi connectivity index (χ2v) is 11.3. The van der Waals surface area contributed by atoms with Crippen molar-refractivity contribution in [2.75, 3.05) is 20.3 Å². The van der Waals surface area contributed by atoms with E-state index in [9.17, 15) is 30.3 Å². The first-order valence-corrected chi connectivity index (χ1v) is 14.6. The van der Waals surface area contributed by atoms with E-state index in [4.69, 9.17) is 28.4 Å². The van der Waals surface area contributed by atoms with Gasteiger partial charge in [-0.25, -0.2) is 0 Å². The van der Waals surface area contributed by atoms with Crippen LogP contribution in [0.1, 0.15) is 58.8 Å². The molecule has 6 unspecified atom stereocenters. The summed E-state index contributed by atoms with van der Waals surface area (Å²) in [5, 5.41) is 54.6. The van der Waals surface area contributed by atoms with Gasteiger partial charge in [0.15, 0.2) is 12.6 Å². The molecule has 1 amide bonds. The lowest BCUT2D eigenvalue weighted by Crippen LogP contribution is -2.63. The highest BCUT2D eigenvalue weighted by Crippen LogP contribution is 2.37. The third kappa shape index (κ3) is 6.97. The van der Waals surface area contributed by atoms with Gasteiger partial charge in [0, 0.05) is 13.7 Å². The summed E-state index contributed by atoms with van der Waals surface area (Å²) in [6.07, 6.45) is -8.34. The van der Waals surface area contributed by atoms with Crippen LogP contribution < -0.4 is 5.32 Å². The molecule has 6 N–H and O–H groups in total. The Morgan fingerprint density at radius 2 is 1.65 bits per heavy atom. The van der Waals surface area contributed by atoms with Gasteiger partial charge >= 0.3 is 0 Å². The third-order valence-corrected chi connectivity index (χ3v) is 8.66. The molecule has 0 aromatic rings. The van der Waals surface area contributed by atoms with E-state index >= 15 is 0 Å². The fourth-order valence-electron chi connectivity index (χ4n) is 6.19. The Morgan fingerprint density at radius 1 is 0.875 bits per heavy atom. The molecule has 0 radical (unpaired) electrons. The van der Waals surface area contributed by atoms with Crippen LogP contribution in [0.5, 0.6) is 0 Å². The molecule has 40 heavy (non-hydrogen) atoms. The van der Waals surface area contributed by atoms with E-state index in [1.54, 1.807) is 6.92 Å². The average Bonchev–Trinajstić information content (AvgIpc) is 3.07. The zero-order valence-electron chi connectivity index (χ0n) is 23.5. The van der Waals surface area contributed by atoms with Gasteiger partial charge in [-0.05, 0) is 44.9 Å². The quantitative estimate of drug-likeness (QED) is 0.216. The molecule has 14 atom stereocenters. The molecule has 0 aromatic heterocycles. The standard InChI is InChI=1S/C27H47NO12/c1-4-14-8-7-10-15(22(14)40-26-21(33)20(32)18(30)13(2)36-26)38-27-24-23(19(31)17(12-29)39-27)37-16(25(34)28-3)9-5-6-11-35-24/h13-24,26-27,29-33H,4-12H2,1-3H3,(H,28,34)/t13?,14-,15-,16-,17?,18-,19+,20?,21+,22?,23?,24?,26+,27-/m1/s1. The van der Waals surface area contributed by atoms with Crippen molar-refractivity contribution in [3.8, 4) is 0 Å². The van der Waals surface area contributed by atoms with Gasteiger partial charge in [-0.3, -0.25) is 4.79 Å². The number of carbonyl (C=O) groups excluding carboxylic acids is 1. The number of aliphatic hydroxyl groups excluding tert-OH is 5. The van der Waals surface area contributed by atoms with Gasteiger partial charge in [-0.1, -0.05) is 19.8 Å². The molecule has 4 aliphatic rings. The van der Waals surface area contributed by atoms with Gasteiger partial charge in [0.1, 0.15) is 48.8 Å². The molecule has 1 saturated carbocycles. The summed E-state index contributed by atoms with van der Waals surface area (Å²) in [4.78, 5) is 12.5. The van der Waals surface area contributed by atoms with Crippen molar-refractivity contribution in [1.82, 2.24) is 5.32 Å². The number of nitrogens with one attached hydrogen (secondary N) is 1. The van der Waals surface area contributed by atoms with Gasteiger partial charge in [0.05, 0.1) is 24.9 Å². The van der Waals surface area contributed by atoms with Gasteiger partial charge in [-0.2, -0.15) is 0 Å². The Morgan fingerprint density at radius 3 is 2.35 bits per heavy atom. The average molecular weight is 578 g/mol. The molecule has 0 aromatic carbocycles. The Balaban J connectivity index is 1.56. The van der Waals surface area contributed by atoms with Gasteiger partial charge in [0.2, 0.25) is 5.91 Å². The van der Waals surface area contributed by atoms with Crippen molar-refractivity contribution in [1.29, 1.82) is 0 Å². The minimum atomic E-state index is -1.46. The number of carbonyl (C=O) groups is 1. The largest absolute Gasteiger partial charge is 0.394 e. The molecule has 13 nitrogen and oxygen atoms in total. The second-order valence-electron chi connectivity index (χ2n) is 11.3. The molecule has 4 rings (SSSR count). The highest BCUT2D eigenvalue weighted by Gasteiger charge is 2.51. The zero-order chi connectivity index (χ0) is 29.0. The van der Waals surface area contributed by atoms with E-state index in [1.165, 1.54) is 7.05 Å². The Bertz CT molecular complexity index is 805. The van der Waals surface area contributed by atoms with Crippen molar-refractivity contribution >= 4 is 5.91 Å². The van der Waals surface area contributed by atoms with Crippen molar-refractivity contribution < 1.29 is 58.7 Å². The molecule has 3 aliphatic heterocycles. The number of fused-ring (bicyclic) bond motifs is 1. The van der Waals surface area contributed by atoms with Crippen LogP contribution in [0.15, 0.2) is 0 Å². The minimum Gasteiger partial charge on any atom is -0.394 e. The van der Waals surface area contributed by atoms with Crippen LogP contribution in [0.3, 0.4) is 0 Å². The first-order chi connectivity index (χ1) is 19.2. The molecule has 13 heteroatoms. The first-order valence-electron chi connectivity index (χ1n) is 14.6. The molecular weight excluding hydrogens is 530 g/mol. The van der Waals surface area contributed by atoms with E-state index in [-0.39, 0.29) is 11.8 Å². The predicted octanol–water partition coefficient (Wildman–Crippen LogP) is -1.06. The normalized spacial score (nSPS) is 46.9. The summed E-state index contributed by atoms with van der Waals surface area (Å²) in [5.74, 6) is -0.265. The third-order valence-electron chi connectivity index (χ3n) is 8.66. The highest BCUT2D eigenvalue weighted by molar-refractivity contribution is 5.80. The summed E-state index contributed by atoms with van der Waals surface area (Å²) < 4.78 is 36.8. The van der Waals surface area contributed by atoms with Crippen LogP contribution in [0.25, 0.3) is 0 Å². The van der Waals surface area contributed by atoms with Crippen LogP contribution in [-0.4, -0.2) is 131 Å². The molecule has 4 fully saturated rings. The lowest BCUT2D eigenvalue weighted by atomic mass is 9.82. The Labute approximate surface area is 235 Å². The second kappa shape index (κ2) is 14.5. The van der Waals surface area contributed by atoms with E-state index in [2.05, 4.69) is 5.32 Å². The minimum absolute atomic E-state index is 0.0443. The van der Waals surface area contributed by atoms with Crippen molar-refractivity contribution in [2.24, 2.45) is 5.92 Å². The monoisotopic (exact) mass is 577 g/mol. The number of hydrogen-bond donors (Lipinski definition) is 6. The van der Waals surface area contributed by atoms with Crippen LogP contribution in [0.2, 0.25) is 0 Å². The first kappa shape index (κ1) is 32.0. The molecule has 1 aliphatic carbocycles. The Hall–Kier alpha value is -0.970. The van der Waals surface area contributed by atoms with E-state index in [1.807, 2.05) is 6.92 Å². The molecule has 0 bridgehead atoms. The van der Waals surface area contributed by atoms with Crippen LogP contribution in [0, 0.1) is 5.92 Å². The fourth-order valence-corrected chi connectivity index (χ4v) is 6.19. The zero-order valence-corrected chi connectivity index (χ0v) is 23.5. The maximum absolute atomic E-state index is 12.5. The Kier molecular flexibility index (Phi) is 11.6. The SMILES string of the molecule is CC[C@@H]1CCC[C@@H](O[C@@H]2OC(CO)[C@H](O)C3O[C@@H](C(=O)NC)CCCCOC32)C1O[C@@H]1OC(C)[C@@H](O)C(O)[C@@H]1O. The number of aliphatic hydroxyl groups is 5. The molecule has 232 valence electrons. The van der Waals surface area contributed by atoms with Crippen LogP contribution >= 0.6 is 0 Å². The summed E-state index contributed by atoms with van der Waals surface area (Å²) in [5.41, 5.74) is 0. The molecule has 3 saturated heterocycles. The highest BCUT2D eigenvalue weighted by atomic mass is 16.7. The van der Waals surface area contributed by atoms with Gasteiger partial charge in [-0.15, -0.1) is 0 Å². The summed E-state index contributed by atoms with van der Waals surface area (Å²) >= 11 is 0. The number of ether oxygens (including phenoxy) is 6. The molecule has 3 heterocycles. The van der Waals surface area contributed by atoms with Crippen molar-refractivity contribution in [3.05, 3.63) is 0 Å². The fraction of sp³-hybridized carbons (Fsp3) is 0.963. The van der Waals surface area contributed by atoms with Crippen molar-refractivity contribution in [2.45, 2.75) is 139 Å². The van der Waals surface area contributed by atoms with Crippen molar-refractivity contribution in [3.63, 3.8) is 0 Å². The summed E-state index contributed by atoms with van der Waals surface area (Å²) in [6.45, 7) is 3.47. The summed E-state index contributed by atoms with van der Waals surface area (Å²) in [6, 6.07) is 0. The maximum atomic E-state index is 12.5.